The van der Waals surface area contributed by atoms with Gasteiger partial charge in [0, 0.05) is 36.2 Å². The van der Waals surface area contributed by atoms with Gasteiger partial charge in [0.05, 0.1) is 15.5 Å². The number of benzene rings is 4. The van der Waals surface area contributed by atoms with E-state index in [2.05, 4.69) is 5.32 Å². The highest BCUT2D eigenvalue weighted by Crippen LogP contribution is 2.27. The number of carbonyl (C=O) groups excluding carboxylic acids is 2. The van der Waals surface area contributed by atoms with Crippen LogP contribution in [0.3, 0.4) is 0 Å². The number of nitrogens with one attached hydrogen (secondary N) is 1. The fraction of sp³-hybridized carbons (Fsp3) is 0.235. The summed E-state index contributed by atoms with van der Waals surface area (Å²) in [4.78, 5) is 40.4. The molecule has 46 heavy (non-hydrogen) atoms. The van der Waals surface area contributed by atoms with Crippen LogP contribution in [0.25, 0.3) is 0 Å². The summed E-state index contributed by atoms with van der Waals surface area (Å²) >= 11 is 6.52. The average Bonchev–Trinajstić information content (AvgIpc) is 3.06. The first-order valence-electron chi connectivity index (χ1n) is 14.7. The van der Waals surface area contributed by atoms with Crippen molar-refractivity contribution in [3.63, 3.8) is 0 Å². The number of hydrogen-bond acceptors (Lipinski definition) is 6. The molecule has 10 nitrogen and oxygen atoms in total. The van der Waals surface area contributed by atoms with Gasteiger partial charge in [0.15, 0.2) is 0 Å². The second-order valence-electron chi connectivity index (χ2n) is 10.7. The van der Waals surface area contributed by atoms with Gasteiger partial charge in [-0.05, 0) is 54.8 Å². The van der Waals surface area contributed by atoms with Crippen LogP contribution in [0.2, 0.25) is 5.02 Å². The minimum Gasteiger partial charge on any atom is -0.352 e. The van der Waals surface area contributed by atoms with Crippen molar-refractivity contribution in [1.82, 2.24) is 10.2 Å². The summed E-state index contributed by atoms with van der Waals surface area (Å²) in [5.74, 6) is -1.07. The first-order valence-corrected chi connectivity index (χ1v) is 16.5. The fourth-order valence-electron chi connectivity index (χ4n) is 4.79. The van der Waals surface area contributed by atoms with E-state index in [4.69, 9.17) is 11.6 Å². The van der Waals surface area contributed by atoms with Gasteiger partial charge in [0.2, 0.25) is 11.8 Å². The summed E-state index contributed by atoms with van der Waals surface area (Å²) in [6, 6.07) is 27.4. The molecule has 0 spiro atoms. The van der Waals surface area contributed by atoms with Gasteiger partial charge < -0.3 is 10.2 Å². The molecule has 0 aliphatic rings. The van der Waals surface area contributed by atoms with Crippen LogP contribution in [0.5, 0.6) is 0 Å². The van der Waals surface area contributed by atoms with E-state index < -0.39 is 39.3 Å². The summed E-state index contributed by atoms with van der Waals surface area (Å²) in [6.45, 7) is 3.02. The zero-order chi connectivity index (χ0) is 33.3. The van der Waals surface area contributed by atoms with Crippen LogP contribution in [0.15, 0.2) is 114 Å². The molecular weight excluding hydrogens is 628 g/mol. The van der Waals surface area contributed by atoms with E-state index in [9.17, 15) is 28.1 Å². The van der Waals surface area contributed by atoms with E-state index in [-0.39, 0.29) is 35.3 Å². The predicted octanol–water partition coefficient (Wildman–Crippen LogP) is 6.00. The van der Waals surface area contributed by atoms with Gasteiger partial charge in [-0.3, -0.25) is 24.0 Å². The molecule has 0 saturated heterocycles. The monoisotopic (exact) mass is 662 g/mol. The molecule has 0 radical (unpaired) electrons. The van der Waals surface area contributed by atoms with Gasteiger partial charge >= 0.3 is 0 Å². The van der Waals surface area contributed by atoms with E-state index in [1.165, 1.54) is 41.3 Å². The highest BCUT2D eigenvalue weighted by Gasteiger charge is 2.35. The number of nitro benzene ring substituents is 1. The molecule has 0 saturated carbocycles. The van der Waals surface area contributed by atoms with Crippen LogP contribution < -0.4 is 9.62 Å². The minimum atomic E-state index is -4.34. The molecule has 2 atom stereocenters. The molecule has 0 aliphatic carbocycles. The Labute approximate surface area is 273 Å². The lowest BCUT2D eigenvalue weighted by molar-refractivity contribution is -0.384. The number of rotatable bonds is 14. The highest BCUT2D eigenvalue weighted by atomic mass is 35.5. The second-order valence-corrected chi connectivity index (χ2v) is 13.0. The topological polar surface area (TPSA) is 130 Å². The third-order valence-electron chi connectivity index (χ3n) is 7.53. The van der Waals surface area contributed by atoms with Gasteiger partial charge in [-0.25, -0.2) is 8.42 Å². The van der Waals surface area contributed by atoms with Gasteiger partial charge in [0.1, 0.15) is 12.6 Å². The molecule has 0 fully saturated rings. The normalized spacial score (nSPS) is 12.5. The molecule has 0 bridgehead atoms. The molecule has 4 aromatic carbocycles. The Bertz CT molecular complexity index is 1760. The number of non-ortho nitro benzene ring substituents is 1. The average molecular weight is 663 g/mol. The first kappa shape index (κ1) is 34.1. The number of sulfonamides is 1. The van der Waals surface area contributed by atoms with Crippen LogP contribution >= 0.6 is 11.6 Å². The quantitative estimate of drug-likeness (QED) is 0.130. The maximum atomic E-state index is 14.5. The minimum absolute atomic E-state index is 0.0455. The Morgan fingerprint density at radius 1 is 0.891 bits per heavy atom. The number of hydrogen-bond donors (Lipinski definition) is 1. The molecule has 0 heterocycles. The molecule has 2 amide bonds. The molecule has 12 heteroatoms. The largest absolute Gasteiger partial charge is 0.352 e. The summed E-state index contributed by atoms with van der Waals surface area (Å²) in [5, 5.41) is 14.7. The molecular formula is C34H35ClN4O6S. The maximum Gasteiger partial charge on any atom is 0.269 e. The molecule has 0 aliphatic heterocycles. The van der Waals surface area contributed by atoms with E-state index in [1.807, 2.05) is 44.2 Å². The molecule has 0 unspecified atom stereocenters. The van der Waals surface area contributed by atoms with Crippen molar-refractivity contribution in [1.29, 1.82) is 0 Å². The van der Waals surface area contributed by atoms with Crippen LogP contribution in [0.1, 0.15) is 31.4 Å². The van der Waals surface area contributed by atoms with Crippen LogP contribution in [-0.4, -0.2) is 48.7 Å². The summed E-state index contributed by atoms with van der Waals surface area (Å²) in [5.41, 5.74) is 1.17. The van der Waals surface area contributed by atoms with Crippen LogP contribution in [0.4, 0.5) is 11.4 Å². The van der Waals surface area contributed by atoms with Gasteiger partial charge in [-0.15, -0.1) is 0 Å². The zero-order valence-corrected chi connectivity index (χ0v) is 27.0. The Balaban J connectivity index is 1.82. The number of amides is 2. The van der Waals surface area contributed by atoms with Crippen molar-refractivity contribution in [3.8, 4) is 0 Å². The lowest BCUT2D eigenvalue weighted by Crippen LogP contribution is -2.54. The molecule has 240 valence electrons. The number of nitrogens with zero attached hydrogens (tertiary/aromatic N) is 3. The standard InChI is InChI=1S/C34H35ClN4O6S/c1-3-25(2)36-34(41)32(22-26-12-6-4-7-13-26)37(23-27-14-10-11-17-31(27)35)33(40)24-38(28-18-20-29(21-19-28)39(42)43)46(44,45)30-15-8-5-9-16-30/h4-21,25,32H,3,22-24H2,1-2H3,(H,36,41)/t25-,32+/m0/s1. The van der Waals surface area contributed by atoms with Crippen LogP contribution in [0, 0.1) is 10.1 Å². The maximum absolute atomic E-state index is 14.5. The third kappa shape index (κ3) is 8.49. The molecule has 4 aromatic rings. The van der Waals surface area contributed by atoms with Gasteiger partial charge in [-0.1, -0.05) is 85.3 Å². The Morgan fingerprint density at radius 2 is 1.48 bits per heavy atom. The summed E-state index contributed by atoms with van der Waals surface area (Å²) < 4.78 is 28.9. The Morgan fingerprint density at radius 3 is 2.07 bits per heavy atom. The van der Waals surface area contributed by atoms with Crippen LogP contribution in [-0.2, 0) is 32.6 Å². The van der Waals surface area contributed by atoms with Crippen molar-refractivity contribution >= 4 is 44.8 Å². The number of anilines is 1. The van der Waals surface area contributed by atoms with E-state index in [0.717, 1.165) is 9.87 Å². The van der Waals surface area contributed by atoms with Crippen molar-refractivity contribution in [3.05, 3.63) is 135 Å². The highest BCUT2D eigenvalue weighted by molar-refractivity contribution is 7.92. The predicted molar refractivity (Wildman–Crippen MR) is 178 cm³/mol. The van der Waals surface area contributed by atoms with E-state index >= 15 is 0 Å². The molecule has 0 aromatic heterocycles. The Kier molecular flexibility index (Phi) is 11.5. The second kappa shape index (κ2) is 15.5. The first-order chi connectivity index (χ1) is 22.0. The van der Waals surface area contributed by atoms with Crippen molar-refractivity contribution < 1.29 is 22.9 Å². The fourth-order valence-corrected chi connectivity index (χ4v) is 6.42. The van der Waals surface area contributed by atoms with Crippen molar-refractivity contribution in [2.75, 3.05) is 10.8 Å². The van der Waals surface area contributed by atoms with Crippen molar-refractivity contribution in [2.45, 2.75) is 50.2 Å². The van der Waals surface area contributed by atoms with E-state index in [0.29, 0.717) is 17.0 Å². The third-order valence-corrected chi connectivity index (χ3v) is 9.69. The number of carbonyl (C=O) groups is 2. The summed E-state index contributed by atoms with van der Waals surface area (Å²) in [6.07, 6.45) is 0.813. The number of halogens is 1. The molecule has 1 N–H and O–H groups in total. The summed E-state index contributed by atoms with van der Waals surface area (Å²) in [7, 11) is -4.34. The van der Waals surface area contributed by atoms with Crippen molar-refractivity contribution in [2.24, 2.45) is 0 Å². The smallest absolute Gasteiger partial charge is 0.269 e. The Hall–Kier alpha value is -4.74. The van der Waals surface area contributed by atoms with Gasteiger partial charge in [0.25, 0.3) is 15.7 Å². The zero-order valence-electron chi connectivity index (χ0n) is 25.5. The lowest BCUT2D eigenvalue weighted by Gasteiger charge is -2.34. The lowest BCUT2D eigenvalue weighted by atomic mass is 10.0. The van der Waals surface area contributed by atoms with E-state index in [1.54, 1.807) is 42.5 Å². The van der Waals surface area contributed by atoms with Gasteiger partial charge in [-0.2, -0.15) is 0 Å². The molecule has 4 rings (SSSR count). The SMILES string of the molecule is CC[C@H](C)NC(=O)[C@@H](Cc1ccccc1)N(Cc1ccccc1Cl)C(=O)CN(c1ccc([N+](=O)[O-])cc1)S(=O)(=O)c1ccccc1. The number of nitro groups is 1.